The Morgan fingerprint density at radius 2 is 1.36 bits per heavy atom. The van der Waals surface area contributed by atoms with Crippen LogP contribution >= 0.6 is 0 Å². The van der Waals surface area contributed by atoms with Gasteiger partial charge in [0.05, 0.1) is 11.6 Å². The monoisotopic (exact) mass is 384 g/mol. The molecule has 1 atom stereocenters. The van der Waals surface area contributed by atoms with E-state index in [2.05, 4.69) is 0 Å². The normalized spacial score (nSPS) is 17.4. The molecule has 1 aliphatic heterocycles. The molecule has 28 heavy (non-hydrogen) atoms. The van der Waals surface area contributed by atoms with Crippen molar-refractivity contribution in [3.8, 4) is 0 Å². The van der Waals surface area contributed by atoms with Crippen molar-refractivity contribution in [3.63, 3.8) is 0 Å². The molecular weight excluding hydrogens is 360 g/mol. The van der Waals surface area contributed by atoms with Crippen molar-refractivity contribution in [1.29, 1.82) is 0 Å². The first-order valence-corrected chi connectivity index (χ1v) is 9.17. The summed E-state index contributed by atoms with van der Waals surface area (Å²) in [7, 11) is 0. The van der Waals surface area contributed by atoms with Gasteiger partial charge < -0.3 is 20.2 Å². The van der Waals surface area contributed by atoms with Crippen LogP contribution in [-0.4, -0.2) is 68.6 Å². The lowest BCUT2D eigenvalue weighted by atomic mass is 9.80. The van der Waals surface area contributed by atoms with Crippen LogP contribution in [0.15, 0.2) is 60.7 Å². The lowest BCUT2D eigenvalue weighted by Crippen LogP contribution is -2.66. The predicted octanol–water partition coefficient (Wildman–Crippen LogP) is 2.55. The van der Waals surface area contributed by atoms with Crippen molar-refractivity contribution in [2.45, 2.75) is 24.5 Å². The number of hydrogen-bond acceptors (Lipinski definition) is 3. The fraction of sp³-hybridized carbons (Fsp3) is 0.333. The second-order valence-corrected chi connectivity index (χ2v) is 7.15. The van der Waals surface area contributed by atoms with Crippen molar-refractivity contribution in [1.82, 2.24) is 9.80 Å². The quantitative estimate of drug-likeness (QED) is 0.735. The maximum atomic E-state index is 11.8. The van der Waals surface area contributed by atoms with Crippen LogP contribution in [0.4, 0.5) is 9.59 Å². The van der Waals surface area contributed by atoms with Crippen molar-refractivity contribution in [2.75, 3.05) is 19.6 Å². The van der Waals surface area contributed by atoms with Crippen LogP contribution in [0.5, 0.6) is 0 Å². The number of carboxylic acid groups (broad SMARTS) is 2. The molecule has 0 aromatic heterocycles. The van der Waals surface area contributed by atoms with Gasteiger partial charge in [-0.2, -0.15) is 0 Å². The molecule has 3 rings (SSSR count). The Hall–Kier alpha value is -3.06. The van der Waals surface area contributed by atoms with Crippen LogP contribution in [0.1, 0.15) is 11.1 Å². The summed E-state index contributed by atoms with van der Waals surface area (Å²) >= 11 is 0. The predicted molar refractivity (Wildman–Crippen MR) is 103 cm³/mol. The Kier molecular flexibility index (Phi) is 5.84. The van der Waals surface area contributed by atoms with Crippen LogP contribution in [0.3, 0.4) is 0 Å². The highest BCUT2D eigenvalue weighted by Gasteiger charge is 2.46. The third kappa shape index (κ3) is 4.43. The van der Waals surface area contributed by atoms with Gasteiger partial charge in [-0.25, -0.2) is 9.59 Å². The molecule has 0 bridgehead atoms. The molecule has 148 valence electrons. The molecule has 7 heteroatoms. The number of nitrogens with zero attached hydrogens (tertiary/aromatic N) is 2. The number of benzene rings is 2. The molecular formula is C21H24N2O5. The van der Waals surface area contributed by atoms with Gasteiger partial charge >= 0.3 is 12.2 Å². The molecule has 0 aliphatic carbocycles. The SMILES string of the molecule is O=C(O)N1CCN(C(=O)O)C(C(O)(Cc2ccccc2)Cc2ccccc2)C1. The minimum absolute atomic E-state index is 0.0260. The van der Waals surface area contributed by atoms with Gasteiger partial charge in [0.1, 0.15) is 0 Å². The van der Waals surface area contributed by atoms with Crippen LogP contribution in [-0.2, 0) is 12.8 Å². The van der Waals surface area contributed by atoms with Crippen molar-refractivity contribution in [2.24, 2.45) is 0 Å². The Morgan fingerprint density at radius 3 is 1.79 bits per heavy atom. The standard InChI is InChI=1S/C21H24N2O5/c24-19(25)22-11-12-23(20(26)27)18(15-22)21(28,13-16-7-3-1-4-8-16)14-17-9-5-2-6-10-17/h1-10,18,28H,11-15H2,(H,24,25)(H,26,27). The fourth-order valence-corrected chi connectivity index (χ4v) is 3.84. The van der Waals surface area contributed by atoms with Gasteiger partial charge in [0.15, 0.2) is 0 Å². The van der Waals surface area contributed by atoms with Crippen molar-refractivity contribution in [3.05, 3.63) is 71.8 Å². The number of hydrogen-bond donors (Lipinski definition) is 3. The lowest BCUT2D eigenvalue weighted by molar-refractivity contribution is -0.0659. The highest BCUT2D eigenvalue weighted by molar-refractivity contribution is 5.68. The summed E-state index contributed by atoms with van der Waals surface area (Å²) in [6.07, 6.45) is -1.85. The molecule has 2 amide bonds. The zero-order valence-corrected chi connectivity index (χ0v) is 15.4. The van der Waals surface area contributed by atoms with E-state index in [1.165, 1.54) is 9.80 Å². The van der Waals surface area contributed by atoms with Gasteiger partial charge in [-0.1, -0.05) is 60.7 Å². The van der Waals surface area contributed by atoms with E-state index in [9.17, 15) is 24.9 Å². The van der Waals surface area contributed by atoms with E-state index in [-0.39, 0.29) is 32.5 Å². The Bertz CT molecular complexity index is 771. The zero-order chi connectivity index (χ0) is 20.1. The van der Waals surface area contributed by atoms with E-state index < -0.39 is 23.8 Å². The number of rotatable bonds is 5. The Labute approximate surface area is 163 Å². The summed E-state index contributed by atoms with van der Waals surface area (Å²) in [6, 6.07) is 17.8. The third-order valence-corrected chi connectivity index (χ3v) is 5.22. The topological polar surface area (TPSA) is 101 Å². The largest absolute Gasteiger partial charge is 0.465 e. The van der Waals surface area contributed by atoms with Crippen LogP contribution in [0.2, 0.25) is 0 Å². The molecule has 1 aliphatic rings. The van der Waals surface area contributed by atoms with Crippen molar-refractivity contribution >= 4 is 12.2 Å². The fourth-order valence-electron chi connectivity index (χ4n) is 3.84. The Morgan fingerprint density at radius 1 is 0.857 bits per heavy atom. The molecule has 1 saturated heterocycles. The maximum absolute atomic E-state index is 11.8. The number of amides is 2. The highest BCUT2D eigenvalue weighted by atomic mass is 16.4. The second-order valence-electron chi connectivity index (χ2n) is 7.15. The van der Waals surface area contributed by atoms with E-state index >= 15 is 0 Å². The van der Waals surface area contributed by atoms with E-state index in [1.54, 1.807) is 0 Å². The molecule has 0 spiro atoms. The Balaban J connectivity index is 1.99. The third-order valence-electron chi connectivity index (χ3n) is 5.22. The average molecular weight is 384 g/mol. The van der Waals surface area contributed by atoms with Crippen LogP contribution in [0.25, 0.3) is 0 Å². The summed E-state index contributed by atoms with van der Waals surface area (Å²) in [5, 5.41) is 30.8. The van der Waals surface area contributed by atoms with E-state index in [1.807, 2.05) is 60.7 Å². The lowest BCUT2D eigenvalue weighted by Gasteiger charge is -2.47. The first kappa shape index (κ1) is 19.7. The number of piperazine rings is 1. The highest BCUT2D eigenvalue weighted by Crippen LogP contribution is 2.29. The molecule has 1 fully saturated rings. The molecule has 2 aromatic rings. The van der Waals surface area contributed by atoms with E-state index in [0.29, 0.717) is 0 Å². The second kappa shape index (κ2) is 8.31. The van der Waals surface area contributed by atoms with Gasteiger partial charge in [0.2, 0.25) is 0 Å². The van der Waals surface area contributed by atoms with Gasteiger partial charge in [0.25, 0.3) is 0 Å². The van der Waals surface area contributed by atoms with Crippen LogP contribution in [0, 0.1) is 0 Å². The summed E-state index contributed by atoms with van der Waals surface area (Å²) in [6.45, 7) is 0.0425. The first-order valence-electron chi connectivity index (χ1n) is 9.17. The molecule has 3 N–H and O–H groups in total. The number of carbonyl (C=O) groups is 2. The minimum atomic E-state index is -1.46. The van der Waals surface area contributed by atoms with Gasteiger partial charge in [-0.3, -0.25) is 4.90 Å². The van der Waals surface area contributed by atoms with Gasteiger partial charge in [-0.15, -0.1) is 0 Å². The summed E-state index contributed by atoms with van der Waals surface area (Å²) < 4.78 is 0. The minimum Gasteiger partial charge on any atom is -0.465 e. The molecule has 7 nitrogen and oxygen atoms in total. The zero-order valence-electron chi connectivity index (χ0n) is 15.4. The molecule has 0 saturated carbocycles. The summed E-state index contributed by atoms with van der Waals surface area (Å²) in [4.78, 5) is 25.7. The van der Waals surface area contributed by atoms with Gasteiger partial charge in [-0.05, 0) is 11.1 Å². The first-order chi connectivity index (χ1) is 13.4. The van der Waals surface area contributed by atoms with Crippen molar-refractivity contribution < 1.29 is 24.9 Å². The van der Waals surface area contributed by atoms with E-state index in [4.69, 9.17) is 0 Å². The summed E-state index contributed by atoms with van der Waals surface area (Å²) in [5.74, 6) is 0. The maximum Gasteiger partial charge on any atom is 0.407 e. The van der Waals surface area contributed by atoms with E-state index in [0.717, 1.165) is 11.1 Å². The summed E-state index contributed by atoms with van der Waals surface area (Å²) in [5.41, 5.74) is 0.257. The number of aliphatic hydroxyl groups is 1. The smallest absolute Gasteiger partial charge is 0.407 e. The molecule has 1 heterocycles. The molecule has 2 aromatic carbocycles. The van der Waals surface area contributed by atoms with Gasteiger partial charge in [0, 0.05) is 32.5 Å². The average Bonchev–Trinajstić information content (AvgIpc) is 2.69. The molecule has 1 unspecified atom stereocenters. The van der Waals surface area contributed by atoms with Crippen LogP contribution < -0.4 is 0 Å². The molecule has 0 radical (unpaired) electrons.